The number of sulfonamides is 1. The van der Waals surface area contributed by atoms with E-state index in [1.165, 1.54) is 10.5 Å². The summed E-state index contributed by atoms with van der Waals surface area (Å²) in [5.41, 5.74) is 5.88. The molecule has 0 fully saturated rings. The number of ether oxygens (including phenoxy) is 1. The van der Waals surface area contributed by atoms with E-state index in [0.717, 1.165) is 11.1 Å². The molecule has 0 aliphatic carbocycles. The second kappa shape index (κ2) is 14.3. The Morgan fingerprint density at radius 2 is 1.61 bits per heavy atom. The van der Waals surface area contributed by atoms with Crippen LogP contribution >= 0.6 is 11.6 Å². The van der Waals surface area contributed by atoms with Crippen molar-refractivity contribution in [2.75, 3.05) is 10.9 Å². The highest BCUT2D eigenvalue weighted by Gasteiger charge is 2.26. The first-order valence-corrected chi connectivity index (χ1v) is 16.1. The van der Waals surface area contributed by atoms with Crippen LogP contribution in [0.15, 0.2) is 124 Å². The molecule has 0 spiro atoms. The van der Waals surface area contributed by atoms with Gasteiger partial charge in [-0.05, 0) is 85.6 Å². The van der Waals surface area contributed by atoms with Gasteiger partial charge < -0.3 is 9.15 Å². The molecule has 1 heterocycles. The fourth-order valence-corrected chi connectivity index (χ4v) is 6.28. The van der Waals surface area contributed by atoms with Gasteiger partial charge in [-0.15, -0.1) is 0 Å². The van der Waals surface area contributed by atoms with E-state index >= 15 is 0 Å². The average Bonchev–Trinajstić information content (AvgIpc) is 3.54. The van der Waals surface area contributed by atoms with Crippen LogP contribution < -0.4 is 9.73 Å². The van der Waals surface area contributed by atoms with Crippen LogP contribution in [-0.2, 0) is 21.3 Å². The minimum atomic E-state index is -3.93. The summed E-state index contributed by atoms with van der Waals surface area (Å²) in [6.45, 7) is 3.89. The molecule has 0 bridgehead atoms. The number of furan rings is 1. The zero-order chi connectivity index (χ0) is 32.7. The van der Waals surface area contributed by atoms with Crippen LogP contribution in [0, 0.1) is 6.92 Å². The Kier molecular flexibility index (Phi) is 10.00. The lowest BCUT2D eigenvalue weighted by Gasteiger charge is -2.26. The lowest BCUT2D eigenvalue weighted by molar-refractivity contribution is 0.0526. The normalized spacial score (nSPS) is 11.4. The molecule has 0 atom stereocenters. The average molecular weight is 656 g/mol. The largest absolute Gasteiger partial charge is 0.462 e. The monoisotopic (exact) mass is 655 g/mol. The minimum absolute atomic E-state index is 0.0187. The van der Waals surface area contributed by atoms with Gasteiger partial charge in [0.25, 0.3) is 15.9 Å². The number of esters is 1. The smallest absolute Gasteiger partial charge is 0.338 e. The number of nitrogens with one attached hydrogen (secondary N) is 1. The lowest BCUT2D eigenvalue weighted by Crippen LogP contribution is -2.31. The Balaban J connectivity index is 1.25. The van der Waals surface area contributed by atoms with E-state index in [1.807, 2.05) is 6.92 Å². The van der Waals surface area contributed by atoms with E-state index in [1.54, 1.807) is 116 Å². The molecule has 0 saturated heterocycles. The third-order valence-electron chi connectivity index (χ3n) is 6.98. The van der Waals surface area contributed by atoms with Gasteiger partial charge in [0.2, 0.25) is 0 Å². The molecule has 46 heavy (non-hydrogen) atoms. The van der Waals surface area contributed by atoms with Crippen LogP contribution in [0.25, 0.3) is 11.3 Å². The Labute approximate surface area is 272 Å². The van der Waals surface area contributed by atoms with Crippen LogP contribution in [0.4, 0.5) is 5.69 Å². The van der Waals surface area contributed by atoms with Gasteiger partial charge in [0, 0.05) is 16.1 Å². The van der Waals surface area contributed by atoms with E-state index in [2.05, 4.69) is 10.5 Å². The lowest BCUT2D eigenvalue weighted by atomic mass is 10.1. The first-order valence-electron chi connectivity index (χ1n) is 14.3. The maximum absolute atomic E-state index is 13.7. The Morgan fingerprint density at radius 3 is 2.30 bits per heavy atom. The van der Waals surface area contributed by atoms with Gasteiger partial charge in [-0.25, -0.2) is 18.6 Å². The zero-order valence-corrected chi connectivity index (χ0v) is 26.6. The fourth-order valence-electron chi connectivity index (χ4n) is 4.58. The predicted octanol–water partition coefficient (Wildman–Crippen LogP) is 7.24. The summed E-state index contributed by atoms with van der Waals surface area (Å²) < 4.78 is 39.6. The van der Waals surface area contributed by atoms with Crippen LogP contribution in [0.3, 0.4) is 0 Å². The molecule has 0 saturated carbocycles. The number of benzene rings is 4. The molecule has 4 aromatic carbocycles. The first-order chi connectivity index (χ1) is 22.2. The third-order valence-corrected chi connectivity index (χ3v) is 8.99. The van der Waals surface area contributed by atoms with Crippen LogP contribution in [0.5, 0.6) is 0 Å². The highest BCUT2D eigenvalue weighted by Crippen LogP contribution is 2.31. The number of carbonyl (C=O) groups excluding carboxylic acids is 2. The van der Waals surface area contributed by atoms with Crippen LogP contribution in [0.1, 0.15) is 44.5 Å². The standard InChI is InChI=1S/C35H30ClN3O6S/c1-3-44-35(41)28-16-14-26(15-17-28)33-20-19-30(45-33)22-37-38-34(40)27-12-10-25(11-13-27)23-39(32-21-29(36)18-9-24(32)2)46(42,43)31-7-5-4-6-8-31/h4-22H,3,23H2,1-2H3,(H,38,40)/b37-22-. The van der Waals surface area contributed by atoms with Crippen LogP contribution in [0.2, 0.25) is 5.02 Å². The molecule has 234 valence electrons. The quantitative estimate of drug-likeness (QED) is 0.0910. The highest BCUT2D eigenvalue weighted by molar-refractivity contribution is 7.92. The molecule has 1 aromatic heterocycles. The first kappa shape index (κ1) is 32.2. The van der Waals surface area contributed by atoms with Gasteiger partial charge in [0.05, 0.1) is 35.5 Å². The predicted molar refractivity (Wildman–Crippen MR) is 178 cm³/mol. The number of hydrogen-bond donors (Lipinski definition) is 1. The second-order valence-corrected chi connectivity index (χ2v) is 12.5. The number of hydrogen-bond acceptors (Lipinski definition) is 7. The van der Waals surface area contributed by atoms with E-state index in [0.29, 0.717) is 45.5 Å². The van der Waals surface area contributed by atoms with Crippen molar-refractivity contribution in [2.24, 2.45) is 5.10 Å². The molecular formula is C35H30ClN3O6S. The summed E-state index contributed by atoms with van der Waals surface area (Å²) in [6.07, 6.45) is 1.38. The van der Waals surface area contributed by atoms with Crippen molar-refractivity contribution in [1.82, 2.24) is 5.43 Å². The van der Waals surface area contributed by atoms with Crippen molar-refractivity contribution in [3.05, 3.63) is 142 Å². The maximum atomic E-state index is 13.7. The van der Waals surface area contributed by atoms with Gasteiger partial charge >= 0.3 is 5.97 Å². The topological polar surface area (TPSA) is 118 Å². The molecule has 9 nitrogen and oxygen atoms in total. The molecule has 11 heteroatoms. The van der Waals surface area contributed by atoms with E-state index in [4.69, 9.17) is 20.8 Å². The maximum Gasteiger partial charge on any atom is 0.338 e. The van der Waals surface area contributed by atoms with Gasteiger partial charge in [-0.3, -0.25) is 9.10 Å². The number of aryl methyl sites for hydroxylation is 1. The number of anilines is 1. The van der Waals surface area contributed by atoms with Gasteiger partial charge in [0.15, 0.2) is 0 Å². The summed E-state index contributed by atoms with van der Waals surface area (Å²) in [5.74, 6) is 0.132. The number of rotatable bonds is 11. The molecule has 0 aliphatic rings. The molecule has 1 amide bonds. The van der Waals surface area contributed by atoms with E-state index < -0.39 is 21.9 Å². The molecule has 0 radical (unpaired) electrons. The van der Waals surface area contributed by atoms with Crippen molar-refractivity contribution in [3.63, 3.8) is 0 Å². The van der Waals surface area contributed by atoms with Crippen LogP contribution in [-0.4, -0.2) is 33.1 Å². The number of carbonyl (C=O) groups is 2. The summed E-state index contributed by atoms with van der Waals surface area (Å²) in [7, 11) is -3.93. The van der Waals surface area contributed by atoms with E-state index in [9.17, 15) is 18.0 Å². The molecule has 1 N–H and O–H groups in total. The molecule has 5 rings (SSSR count). The van der Waals surface area contributed by atoms with Crippen molar-refractivity contribution in [1.29, 1.82) is 0 Å². The SMILES string of the molecule is CCOC(=O)c1ccc(-c2ccc(/C=N\NC(=O)c3ccc(CN(c4cc(Cl)ccc4C)S(=O)(=O)c4ccccc4)cc3)o2)cc1. The van der Waals surface area contributed by atoms with Gasteiger partial charge in [0.1, 0.15) is 11.5 Å². The summed E-state index contributed by atoms with van der Waals surface area (Å²) in [5, 5.41) is 4.41. The Morgan fingerprint density at radius 1 is 0.913 bits per heavy atom. The van der Waals surface area contributed by atoms with Crippen molar-refractivity contribution in [3.8, 4) is 11.3 Å². The fraction of sp³-hybridized carbons (Fsp3) is 0.114. The number of hydrazone groups is 1. The second-order valence-electron chi connectivity index (χ2n) is 10.2. The molecular weight excluding hydrogens is 626 g/mol. The Bertz CT molecular complexity index is 1970. The number of halogens is 1. The number of nitrogens with zero attached hydrogens (tertiary/aromatic N) is 2. The number of amides is 1. The zero-order valence-electron chi connectivity index (χ0n) is 25.0. The summed E-state index contributed by atoms with van der Waals surface area (Å²) in [6, 6.07) is 30.2. The van der Waals surface area contributed by atoms with Gasteiger partial charge in [-0.1, -0.05) is 60.1 Å². The minimum Gasteiger partial charge on any atom is -0.462 e. The van der Waals surface area contributed by atoms with Crippen molar-refractivity contribution >= 4 is 45.4 Å². The van der Waals surface area contributed by atoms with Crippen molar-refractivity contribution < 1.29 is 27.2 Å². The van der Waals surface area contributed by atoms with E-state index in [-0.39, 0.29) is 11.4 Å². The van der Waals surface area contributed by atoms with Crippen molar-refractivity contribution in [2.45, 2.75) is 25.3 Å². The molecule has 0 aliphatic heterocycles. The highest BCUT2D eigenvalue weighted by atomic mass is 35.5. The molecule has 0 unspecified atom stereocenters. The molecule has 5 aromatic rings. The van der Waals surface area contributed by atoms with Gasteiger partial charge in [-0.2, -0.15) is 5.10 Å². The summed E-state index contributed by atoms with van der Waals surface area (Å²) >= 11 is 6.25. The third kappa shape index (κ3) is 7.53. The summed E-state index contributed by atoms with van der Waals surface area (Å²) in [4.78, 5) is 24.8. The Hall–Kier alpha value is -5.19.